The molecule has 134 valence electrons. The Balaban J connectivity index is 2.01. The second kappa shape index (κ2) is 7.00. The molecular formula is C23H20N2O2. The van der Waals surface area contributed by atoms with Gasteiger partial charge in [-0.15, -0.1) is 5.10 Å². The first kappa shape index (κ1) is 16.9. The molecule has 0 saturated heterocycles. The van der Waals surface area contributed by atoms with Crippen molar-refractivity contribution in [1.82, 2.24) is 9.78 Å². The Labute approximate surface area is 158 Å². The summed E-state index contributed by atoms with van der Waals surface area (Å²) in [5, 5.41) is 15.2. The lowest BCUT2D eigenvalue weighted by molar-refractivity contribution is 0.414. The summed E-state index contributed by atoms with van der Waals surface area (Å²) in [6.07, 6.45) is 0. The van der Waals surface area contributed by atoms with Crippen molar-refractivity contribution in [2.45, 2.75) is 6.92 Å². The zero-order valence-corrected chi connectivity index (χ0v) is 15.3. The number of ether oxygens (including phenoxy) is 1. The fourth-order valence-electron chi connectivity index (χ4n) is 3.27. The normalized spacial score (nSPS) is 10.7. The van der Waals surface area contributed by atoms with Crippen LogP contribution in [0.5, 0.6) is 11.6 Å². The minimum Gasteiger partial charge on any atom is -0.497 e. The van der Waals surface area contributed by atoms with Crippen LogP contribution in [0.3, 0.4) is 0 Å². The first-order chi connectivity index (χ1) is 13.2. The van der Waals surface area contributed by atoms with Gasteiger partial charge in [0.15, 0.2) is 0 Å². The average molecular weight is 356 g/mol. The molecule has 0 atom stereocenters. The maximum Gasteiger partial charge on any atom is 0.239 e. The quantitative estimate of drug-likeness (QED) is 0.545. The number of nitrogens with zero attached hydrogens (tertiary/aromatic N) is 2. The molecule has 0 aliphatic heterocycles. The second-order valence-corrected chi connectivity index (χ2v) is 6.34. The molecule has 0 aliphatic carbocycles. The van der Waals surface area contributed by atoms with E-state index in [1.165, 1.54) is 0 Å². The highest BCUT2D eigenvalue weighted by Gasteiger charge is 2.22. The number of hydrogen-bond acceptors (Lipinski definition) is 3. The van der Waals surface area contributed by atoms with Crippen molar-refractivity contribution in [1.29, 1.82) is 0 Å². The van der Waals surface area contributed by atoms with E-state index in [0.29, 0.717) is 0 Å². The van der Waals surface area contributed by atoms with Gasteiger partial charge in [0.1, 0.15) is 5.75 Å². The molecule has 4 aromatic rings. The number of methoxy groups -OCH3 is 1. The van der Waals surface area contributed by atoms with Crippen molar-refractivity contribution in [3.8, 4) is 39.7 Å². The average Bonchev–Trinajstić information content (AvgIpc) is 3.06. The van der Waals surface area contributed by atoms with Crippen LogP contribution in [0.15, 0.2) is 78.9 Å². The standard InChI is InChI=1S/C23H20N2O2/c1-16-8-6-7-11-20(16)22-21(17-9-4-3-5-10-17)23(26)24-25(22)18-12-14-19(27-2)15-13-18/h3-15H,1-2H3,(H,24,26). The van der Waals surface area contributed by atoms with Gasteiger partial charge in [-0.05, 0) is 42.3 Å². The van der Waals surface area contributed by atoms with Gasteiger partial charge in [-0.2, -0.15) is 0 Å². The Morgan fingerprint density at radius 3 is 2.19 bits per heavy atom. The minimum absolute atomic E-state index is 0.00951. The maximum atomic E-state index is 10.7. The predicted molar refractivity (Wildman–Crippen MR) is 107 cm³/mol. The first-order valence-electron chi connectivity index (χ1n) is 8.77. The van der Waals surface area contributed by atoms with E-state index >= 15 is 0 Å². The van der Waals surface area contributed by atoms with Gasteiger partial charge in [0.25, 0.3) is 0 Å². The highest BCUT2D eigenvalue weighted by molar-refractivity contribution is 5.86. The van der Waals surface area contributed by atoms with Crippen molar-refractivity contribution < 1.29 is 9.84 Å². The van der Waals surface area contributed by atoms with Crippen molar-refractivity contribution in [2.75, 3.05) is 7.11 Å². The van der Waals surface area contributed by atoms with Crippen LogP contribution in [0.25, 0.3) is 28.1 Å². The molecule has 0 radical (unpaired) electrons. The lowest BCUT2D eigenvalue weighted by atomic mass is 9.98. The van der Waals surface area contributed by atoms with Crippen LogP contribution < -0.4 is 4.74 Å². The molecule has 0 fully saturated rings. The number of aryl methyl sites for hydroxylation is 1. The SMILES string of the molecule is COc1ccc(-n2nc(O)c(-c3ccccc3)c2-c2ccccc2C)cc1. The summed E-state index contributed by atoms with van der Waals surface area (Å²) in [6, 6.07) is 25.6. The van der Waals surface area contributed by atoms with Crippen molar-refractivity contribution in [2.24, 2.45) is 0 Å². The van der Waals surface area contributed by atoms with E-state index in [2.05, 4.69) is 24.2 Å². The summed E-state index contributed by atoms with van der Waals surface area (Å²) < 4.78 is 7.05. The molecule has 4 rings (SSSR count). The van der Waals surface area contributed by atoms with Gasteiger partial charge in [-0.3, -0.25) is 0 Å². The Morgan fingerprint density at radius 1 is 0.852 bits per heavy atom. The minimum atomic E-state index is 0.00951. The van der Waals surface area contributed by atoms with Crippen LogP contribution >= 0.6 is 0 Å². The molecule has 27 heavy (non-hydrogen) atoms. The molecule has 3 aromatic carbocycles. The van der Waals surface area contributed by atoms with E-state index in [1.54, 1.807) is 11.8 Å². The van der Waals surface area contributed by atoms with E-state index in [0.717, 1.165) is 39.4 Å². The molecule has 0 unspecified atom stereocenters. The number of aromatic nitrogens is 2. The van der Waals surface area contributed by atoms with Crippen LogP contribution in [-0.4, -0.2) is 22.0 Å². The van der Waals surface area contributed by atoms with Crippen molar-refractivity contribution in [3.05, 3.63) is 84.4 Å². The fraction of sp³-hybridized carbons (Fsp3) is 0.0870. The molecular weight excluding hydrogens is 336 g/mol. The Hall–Kier alpha value is -3.53. The Morgan fingerprint density at radius 2 is 1.52 bits per heavy atom. The monoisotopic (exact) mass is 356 g/mol. The van der Waals surface area contributed by atoms with Crippen LogP contribution in [0.2, 0.25) is 0 Å². The smallest absolute Gasteiger partial charge is 0.239 e. The summed E-state index contributed by atoms with van der Waals surface area (Å²) >= 11 is 0. The van der Waals surface area contributed by atoms with Crippen LogP contribution in [0, 0.1) is 6.92 Å². The second-order valence-electron chi connectivity index (χ2n) is 6.34. The molecule has 0 spiro atoms. The molecule has 0 aliphatic rings. The maximum absolute atomic E-state index is 10.7. The van der Waals surface area contributed by atoms with Gasteiger partial charge >= 0.3 is 0 Å². The fourth-order valence-corrected chi connectivity index (χ4v) is 3.27. The van der Waals surface area contributed by atoms with Crippen LogP contribution in [0.4, 0.5) is 0 Å². The predicted octanol–water partition coefficient (Wildman–Crippen LogP) is 5.23. The number of aromatic hydroxyl groups is 1. The zero-order valence-electron chi connectivity index (χ0n) is 15.3. The molecule has 0 bridgehead atoms. The summed E-state index contributed by atoms with van der Waals surface area (Å²) in [4.78, 5) is 0. The third kappa shape index (κ3) is 3.06. The van der Waals surface area contributed by atoms with Crippen LogP contribution in [0.1, 0.15) is 5.56 Å². The molecule has 4 nitrogen and oxygen atoms in total. The van der Waals surface area contributed by atoms with E-state index < -0.39 is 0 Å². The van der Waals surface area contributed by atoms with E-state index in [1.807, 2.05) is 66.7 Å². The largest absolute Gasteiger partial charge is 0.497 e. The van der Waals surface area contributed by atoms with Gasteiger partial charge in [-0.25, -0.2) is 4.68 Å². The topological polar surface area (TPSA) is 47.3 Å². The molecule has 0 amide bonds. The summed E-state index contributed by atoms with van der Waals surface area (Å²) in [5.74, 6) is 0.783. The summed E-state index contributed by atoms with van der Waals surface area (Å²) in [7, 11) is 1.64. The van der Waals surface area contributed by atoms with Crippen LogP contribution in [-0.2, 0) is 0 Å². The van der Waals surface area contributed by atoms with Gasteiger partial charge in [0, 0.05) is 5.56 Å². The molecule has 4 heteroatoms. The number of hydrogen-bond donors (Lipinski definition) is 1. The molecule has 1 N–H and O–H groups in total. The first-order valence-corrected chi connectivity index (χ1v) is 8.77. The molecule has 1 heterocycles. The van der Waals surface area contributed by atoms with E-state index in [-0.39, 0.29) is 5.88 Å². The summed E-state index contributed by atoms with van der Waals surface area (Å²) in [6.45, 7) is 2.06. The highest BCUT2D eigenvalue weighted by atomic mass is 16.5. The number of benzene rings is 3. The third-order valence-electron chi connectivity index (χ3n) is 4.65. The Kier molecular flexibility index (Phi) is 4.38. The molecule has 1 aromatic heterocycles. The van der Waals surface area contributed by atoms with E-state index in [4.69, 9.17) is 4.74 Å². The summed E-state index contributed by atoms with van der Waals surface area (Å²) in [5.41, 5.74) is 5.51. The number of rotatable bonds is 4. The van der Waals surface area contributed by atoms with Crippen molar-refractivity contribution in [3.63, 3.8) is 0 Å². The highest BCUT2D eigenvalue weighted by Crippen LogP contribution is 2.41. The van der Waals surface area contributed by atoms with Gasteiger partial charge in [-0.1, -0.05) is 54.6 Å². The van der Waals surface area contributed by atoms with Gasteiger partial charge < -0.3 is 9.84 Å². The lowest BCUT2D eigenvalue weighted by Gasteiger charge is -2.12. The van der Waals surface area contributed by atoms with Crippen molar-refractivity contribution >= 4 is 0 Å². The zero-order chi connectivity index (χ0) is 18.8. The van der Waals surface area contributed by atoms with Gasteiger partial charge in [0.05, 0.1) is 24.1 Å². The van der Waals surface area contributed by atoms with Gasteiger partial charge in [0.2, 0.25) is 5.88 Å². The Bertz CT molecular complexity index is 1070. The lowest BCUT2D eigenvalue weighted by Crippen LogP contribution is -2.00. The third-order valence-corrected chi connectivity index (χ3v) is 4.65. The van der Waals surface area contributed by atoms with E-state index in [9.17, 15) is 5.11 Å². The molecule has 0 saturated carbocycles.